The van der Waals surface area contributed by atoms with Crippen molar-refractivity contribution >= 4 is 29.1 Å². The summed E-state index contributed by atoms with van der Waals surface area (Å²) in [5.74, 6) is -2.51. The number of morpholine rings is 1. The predicted molar refractivity (Wildman–Crippen MR) is 106 cm³/mol. The first-order valence-electron chi connectivity index (χ1n) is 8.48. The van der Waals surface area contributed by atoms with E-state index in [9.17, 15) is 9.59 Å². The highest BCUT2D eigenvalue weighted by Crippen LogP contribution is 2.26. The maximum absolute atomic E-state index is 9.55. The van der Waals surface area contributed by atoms with Crippen LogP contribution in [0.2, 0.25) is 0 Å². The molecule has 1 aromatic heterocycles. The molecule has 1 aliphatic heterocycles. The molecule has 1 aromatic rings. The molecule has 1 saturated heterocycles. The maximum atomic E-state index is 9.55. The summed E-state index contributed by atoms with van der Waals surface area (Å²) in [6.45, 7) is 3.92. The molecule has 1 aliphatic rings. The lowest BCUT2D eigenvalue weighted by Crippen LogP contribution is -2.53. The van der Waals surface area contributed by atoms with Crippen molar-refractivity contribution in [2.24, 2.45) is 0 Å². The topological polar surface area (TPSA) is 121 Å². The SMILES string of the molecule is CNC(=S)C(CN1CCOCC1)(OC)c1ccccn1.O=C(O)C=CC(=O)O. The lowest BCUT2D eigenvalue weighted by atomic mass is 9.97. The number of carboxylic acid groups (broad SMARTS) is 2. The van der Waals surface area contributed by atoms with Crippen LogP contribution in [0.15, 0.2) is 36.5 Å². The van der Waals surface area contributed by atoms with E-state index in [0.29, 0.717) is 23.7 Å². The molecule has 0 spiro atoms. The zero-order valence-corrected chi connectivity index (χ0v) is 16.6. The summed E-state index contributed by atoms with van der Waals surface area (Å²) in [5.41, 5.74) is 0.108. The fourth-order valence-electron chi connectivity index (χ4n) is 2.55. The van der Waals surface area contributed by atoms with Crippen LogP contribution in [0, 0.1) is 0 Å². The minimum Gasteiger partial charge on any atom is -0.478 e. The standard InChI is InChI=1S/C14H21N3O2S.C4H4O4/c1-15-13(20)14(18-2,12-5-3-4-6-16-12)11-17-7-9-19-10-8-17;5-3(6)1-2-4(7)8/h3-6H,7-11H2,1-2H3,(H,15,20);1-2H,(H,5,6)(H,7,8). The van der Waals surface area contributed by atoms with E-state index < -0.39 is 17.5 Å². The lowest BCUT2D eigenvalue weighted by Gasteiger charge is -2.38. The van der Waals surface area contributed by atoms with E-state index in [1.807, 2.05) is 25.2 Å². The zero-order chi connectivity index (χ0) is 21.0. The molecule has 0 radical (unpaired) electrons. The van der Waals surface area contributed by atoms with Crippen LogP contribution in [-0.2, 0) is 24.7 Å². The molecule has 2 rings (SSSR count). The Hall–Kier alpha value is -2.40. The van der Waals surface area contributed by atoms with E-state index >= 15 is 0 Å². The van der Waals surface area contributed by atoms with Crippen molar-refractivity contribution in [2.45, 2.75) is 5.60 Å². The van der Waals surface area contributed by atoms with Gasteiger partial charge in [-0.15, -0.1) is 0 Å². The van der Waals surface area contributed by atoms with Crippen LogP contribution in [0.4, 0.5) is 0 Å². The molecule has 154 valence electrons. The molecule has 0 aromatic carbocycles. The molecule has 3 N–H and O–H groups in total. The number of hydrogen-bond acceptors (Lipinski definition) is 7. The summed E-state index contributed by atoms with van der Waals surface area (Å²) in [6.07, 6.45) is 2.88. The second kappa shape index (κ2) is 12.1. The first kappa shape index (κ1) is 23.6. The Bertz CT molecular complexity index is 663. The van der Waals surface area contributed by atoms with Gasteiger partial charge in [0, 0.05) is 52.1 Å². The number of methoxy groups -OCH3 is 1. The summed E-state index contributed by atoms with van der Waals surface area (Å²) in [4.78, 5) is 26.5. The van der Waals surface area contributed by atoms with Gasteiger partial charge in [-0.2, -0.15) is 0 Å². The monoisotopic (exact) mass is 411 g/mol. The van der Waals surface area contributed by atoms with Gasteiger partial charge in [0.05, 0.1) is 18.9 Å². The average molecular weight is 411 g/mol. The first-order chi connectivity index (χ1) is 13.4. The van der Waals surface area contributed by atoms with Crippen molar-refractivity contribution in [1.29, 1.82) is 0 Å². The van der Waals surface area contributed by atoms with E-state index in [4.69, 9.17) is 31.9 Å². The number of nitrogens with zero attached hydrogens (tertiary/aromatic N) is 2. The van der Waals surface area contributed by atoms with Crippen LogP contribution >= 0.6 is 12.2 Å². The third-order valence-electron chi connectivity index (χ3n) is 3.94. The number of carboxylic acids is 2. The van der Waals surface area contributed by atoms with Crippen molar-refractivity contribution in [3.8, 4) is 0 Å². The van der Waals surface area contributed by atoms with Gasteiger partial charge in [-0.05, 0) is 12.1 Å². The van der Waals surface area contributed by atoms with Crippen LogP contribution in [0.5, 0.6) is 0 Å². The number of rotatable bonds is 7. The molecule has 0 bridgehead atoms. The minimum absolute atomic E-state index is 0.558. The molecule has 0 saturated carbocycles. The molecular formula is C18H25N3O6S. The number of hydrogen-bond donors (Lipinski definition) is 3. The number of ether oxygens (including phenoxy) is 2. The van der Waals surface area contributed by atoms with Crippen LogP contribution in [0.1, 0.15) is 5.69 Å². The van der Waals surface area contributed by atoms with Gasteiger partial charge in [0.25, 0.3) is 0 Å². The van der Waals surface area contributed by atoms with Gasteiger partial charge in [-0.3, -0.25) is 9.88 Å². The normalized spacial score (nSPS) is 16.5. The van der Waals surface area contributed by atoms with Gasteiger partial charge in [-0.25, -0.2) is 9.59 Å². The van der Waals surface area contributed by atoms with Crippen molar-refractivity contribution in [2.75, 3.05) is 47.0 Å². The molecule has 0 amide bonds. The largest absolute Gasteiger partial charge is 0.478 e. The second-order valence-electron chi connectivity index (χ2n) is 5.72. The zero-order valence-electron chi connectivity index (χ0n) is 15.8. The molecule has 9 nitrogen and oxygen atoms in total. The predicted octanol–water partition coefficient (Wildman–Crippen LogP) is 0.514. The lowest BCUT2D eigenvalue weighted by molar-refractivity contribution is -0.134. The third kappa shape index (κ3) is 7.31. The molecule has 1 atom stereocenters. The van der Waals surface area contributed by atoms with Crippen LogP contribution in [-0.4, -0.2) is 84.0 Å². The highest BCUT2D eigenvalue weighted by molar-refractivity contribution is 7.80. The number of carbonyl (C=O) groups is 2. The number of likely N-dealkylation sites (N-methyl/N-ethyl adjacent to an activating group) is 1. The molecule has 1 fully saturated rings. The summed E-state index contributed by atoms with van der Waals surface area (Å²) in [5, 5.41) is 18.7. The molecule has 2 heterocycles. The van der Waals surface area contributed by atoms with Crippen molar-refractivity contribution in [3.63, 3.8) is 0 Å². The highest BCUT2D eigenvalue weighted by atomic mass is 32.1. The Morgan fingerprint density at radius 2 is 1.93 bits per heavy atom. The van der Waals surface area contributed by atoms with E-state index in [2.05, 4.69) is 15.2 Å². The average Bonchev–Trinajstić information content (AvgIpc) is 2.72. The number of nitrogens with one attached hydrogen (secondary N) is 1. The van der Waals surface area contributed by atoms with Gasteiger partial charge < -0.3 is 25.0 Å². The van der Waals surface area contributed by atoms with Crippen LogP contribution in [0.3, 0.4) is 0 Å². The summed E-state index contributed by atoms with van der Waals surface area (Å²) < 4.78 is 11.2. The van der Waals surface area contributed by atoms with Crippen molar-refractivity contribution in [1.82, 2.24) is 15.2 Å². The number of thiocarbonyl (C=S) groups is 1. The summed E-state index contributed by atoms with van der Waals surface area (Å²) in [6, 6.07) is 5.79. The second-order valence-corrected chi connectivity index (χ2v) is 6.13. The quantitative estimate of drug-likeness (QED) is 0.432. The Morgan fingerprint density at radius 3 is 2.36 bits per heavy atom. The Kier molecular flexibility index (Phi) is 10.2. The van der Waals surface area contributed by atoms with E-state index in [0.717, 1.165) is 32.0 Å². The molecule has 28 heavy (non-hydrogen) atoms. The Balaban J connectivity index is 0.000000416. The number of aliphatic carboxylic acids is 2. The van der Waals surface area contributed by atoms with Crippen molar-refractivity contribution < 1.29 is 29.3 Å². The van der Waals surface area contributed by atoms with E-state index in [-0.39, 0.29) is 0 Å². The van der Waals surface area contributed by atoms with Gasteiger partial charge >= 0.3 is 11.9 Å². The van der Waals surface area contributed by atoms with Crippen LogP contribution in [0.25, 0.3) is 0 Å². The summed E-state index contributed by atoms with van der Waals surface area (Å²) >= 11 is 5.50. The Labute approximate surface area is 169 Å². The number of pyridine rings is 1. The smallest absolute Gasteiger partial charge is 0.328 e. The van der Waals surface area contributed by atoms with Gasteiger partial charge in [0.15, 0.2) is 5.60 Å². The van der Waals surface area contributed by atoms with Gasteiger partial charge in [0.2, 0.25) is 0 Å². The Morgan fingerprint density at radius 1 is 1.32 bits per heavy atom. The highest BCUT2D eigenvalue weighted by Gasteiger charge is 2.40. The third-order valence-corrected chi connectivity index (χ3v) is 4.47. The molecule has 1 unspecified atom stereocenters. The minimum atomic E-state index is -1.26. The van der Waals surface area contributed by atoms with E-state index in [1.54, 1.807) is 13.3 Å². The molecule has 10 heteroatoms. The maximum Gasteiger partial charge on any atom is 0.328 e. The fourth-order valence-corrected chi connectivity index (χ4v) is 2.80. The first-order valence-corrected chi connectivity index (χ1v) is 8.89. The molecule has 0 aliphatic carbocycles. The van der Waals surface area contributed by atoms with Gasteiger partial charge in [-0.1, -0.05) is 18.3 Å². The molecular weight excluding hydrogens is 386 g/mol. The fraction of sp³-hybridized carbons (Fsp3) is 0.444. The number of aromatic nitrogens is 1. The summed E-state index contributed by atoms with van der Waals surface area (Å²) in [7, 11) is 3.50. The van der Waals surface area contributed by atoms with E-state index in [1.165, 1.54) is 0 Å². The van der Waals surface area contributed by atoms with Gasteiger partial charge in [0.1, 0.15) is 4.99 Å². The van der Waals surface area contributed by atoms with Crippen molar-refractivity contribution in [3.05, 3.63) is 42.2 Å². The van der Waals surface area contributed by atoms with Crippen LogP contribution < -0.4 is 5.32 Å².